The topological polar surface area (TPSA) is 53.4 Å². The van der Waals surface area contributed by atoms with Crippen molar-refractivity contribution in [2.24, 2.45) is 0 Å². The van der Waals surface area contributed by atoms with E-state index in [4.69, 9.17) is 11.6 Å². The molecule has 0 radical (unpaired) electrons. The zero-order valence-electron chi connectivity index (χ0n) is 7.95. The molecule has 7 heteroatoms. The lowest BCUT2D eigenvalue weighted by atomic mass is 10.1. The standard InChI is InChI=1S/C9H9ClF3NO2/c10-4-6(15)8(16)5-1-2-14-7(3-5)9(11,12)13/h1-3,6,8,15-16H,4H2. The summed E-state index contributed by atoms with van der Waals surface area (Å²) in [6.45, 7) is 0. The van der Waals surface area contributed by atoms with E-state index in [0.29, 0.717) is 6.07 Å². The Morgan fingerprint density at radius 2 is 2.00 bits per heavy atom. The molecule has 1 aromatic heterocycles. The van der Waals surface area contributed by atoms with E-state index < -0.39 is 24.1 Å². The van der Waals surface area contributed by atoms with Crippen molar-refractivity contribution in [3.8, 4) is 0 Å². The van der Waals surface area contributed by atoms with Crippen molar-refractivity contribution in [2.45, 2.75) is 18.4 Å². The van der Waals surface area contributed by atoms with E-state index in [2.05, 4.69) is 4.98 Å². The molecule has 1 aromatic rings. The summed E-state index contributed by atoms with van der Waals surface area (Å²) >= 11 is 5.28. The Bertz CT molecular complexity index is 359. The normalized spacial score (nSPS) is 15.9. The van der Waals surface area contributed by atoms with E-state index in [9.17, 15) is 23.4 Å². The average Bonchev–Trinajstić information content (AvgIpc) is 2.26. The molecule has 0 aliphatic rings. The molecule has 0 saturated heterocycles. The fourth-order valence-corrected chi connectivity index (χ4v) is 1.26. The molecule has 0 bridgehead atoms. The van der Waals surface area contributed by atoms with Gasteiger partial charge >= 0.3 is 6.18 Å². The van der Waals surface area contributed by atoms with Crippen LogP contribution in [0.4, 0.5) is 13.2 Å². The maximum atomic E-state index is 12.3. The Kier molecular flexibility index (Phi) is 4.12. The van der Waals surface area contributed by atoms with Gasteiger partial charge in [-0.3, -0.25) is 4.98 Å². The summed E-state index contributed by atoms with van der Waals surface area (Å²) < 4.78 is 36.8. The lowest BCUT2D eigenvalue weighted by Gasteiger charge is -2.16. The smallest absolute Gasteiger partial charge is 0.389 e. The van der Waals surface area contributed by atoms with Crippen molar-refractivity contribution in [3.63, 3.8) is 0 Å². The number of aromatic nitrogens is 1. The molecule has 1 rings (SSSR count). The number of pyridine rings is 1. The Labute approximate surface area is 94.5 Å². The third-order valence-corrected chi connectivity index (χ3v) is 2.25. The maximum Gasteiger partial charge on any atom is 0.433 e. The molecular formula is C9H9ClF3NO2. The second-order valence-electron chi connectivity index (χ2n) is 3.14. The van der Waals surface area contributed by atoms with Crippen molar-refractivity contribution in [1.29, 1.82) is 0 Å². The minimum Gasteiger partial charge on any atom is -0.389 e. The second-order valence-corrected chi connectivity index (χ2v) is 3.45. The highest BCUT2D eigenvalue weighted by molar-refractivity contribution is 6.18. The summed E-state index contributed by atoms with van der Waals surface area (Å²) in [5.41, 5.74) is -1.19. The van der Waals surface area contributed by atoms with Gasteiger partial charge in [-0.05, 0) is 17.7 Å². The Morgan fingerprint density at radius 3 is 2.50 bits per heavy atom. The van der Waals surface area contributed by atoms with Gasteiger partial charge in [0.15, 0.2) is 0 Å². The summed E-state index contributed by atoms with van der Waals surface area (Å²) in [6, 6.07) is 1.87. The number of alkyl halides is 4. The molecule has 3 nitrogen and oxygen atoms in total. The Morgan fingerprint density at radius 1 is 1.38 bits per heavy atom. The van der Waals surface area contributed by atoms with Crippen molar-refractivity contribution in [1.82, 2.24) is 4.98 Å². The summed E-state index contributed by atoms with van der Waals surface area (Å²) in [7, 11) is 0. The molecule has 0 fully saturated rings. The van der Waals surface area contributed by atoms with Gasteiger partial charge in [0.1, 0.15) is 11.8 Å². The van der Waals surface area contributed by atoms with Crippen LogP contribution in [0.2, 0.25) is 0 Å². The minimum absolute atomic E-state index is 0.0736. The molecule has 0 aliphatic carbocycles. The number of halogens is 4. The average molecular weight is 256 g/mol. The van der Waals surface area contributed by atoms with Crippen molar-refractivity contribution < 1.29 is 23.4 Å². The quantitative estimate of drug-likeness (QED) is 0.809. The van der Waals surface area contributed by atoms with Crippen LogP contribution in [0.1, 0.15) is 17.4 Å². The highest BCUT2D eigenvalue weighted by Crippen LogP contribution is 2.29. The van der Waals surface area contributed by atoms with Crippen LogP contribution in [0.15, 0.2) is 18.3 Å². The lowest BCUT2D eigenvalue weighted by Crippen LogP contribution is -2.20. The molecule has 0 saturated carbocycles. The molecule has 0 aromatic carbocycles. The van der Waals surface area contributed by atoms with Crippen LogP contribution in [0.25, 0.3) is 0 Å². The zero-order valence-corrected chi connectivity index (χ0v) is 8.70. The summed E-state index contributed by atoms with van der Waals surface area (Å²) in [4.78, 5) is 3.13. The van der Waals surface area contributed by atoms with Gasteiger partial charge < -0.3 is 10.2 Å². The number of rotatable bonds is 3. The number of hydrogen-bond donors (Lipinski definition) is 2. The van der Waals surface area contributed by atoms with E-state index >= 15 is 0 Å². The molecule has 2 N–H and O–H groups in total. The first-order chi connectivity index (χ1) is 7.36. The van der Waals surface area contributed by atoms with Crippen molar-refractivity contribution in [3.05, 3.63) is 29.6 Å². The van der Waals surface area contributed by atoms with Crippen LogP contribution in [-0.4, -0.2) is 27.2 Å². The van der Waals surface area contributed by atoms with Gasteiger partial charge in [-0.2, -0.15) is 13.2 Å². The van der Waals surface area contributed by atoms with Crippen LogP contribution in [0.3, 0.4) is 0 Å². The largest absolute Gasteiger partial charge is 0.433 e. The molecule has 90 valence electrons. The van der Waals surface area contributed by atoms with Crippen molar-refractivity contribution >= 4 is 11.6 Å². The van der Waals surface area contributed by atoms with Crippen LogP contribution in [-0.2, 0) is 6.18 Å². The number of hydrogen-bond acceptors (Lipinski definition) is 3. The number of nitrogens with zero attached hydrogens (tertiary/aromatic N) is 1. The molecule has 2 unspecified atom stereocenters. The predicted molar refractivity (Wildman–Crippen MR) is 50.9 cm³/mol. The van der Waals surface area contributed by atoms with E-state index in [0.717, 1.165) is 6.20 Å². The van der Waals surface area contributed by atoms with Gasteiger partial charge in [-0.1, -0.05) is 0 Å². The van der Waals surface area contributed by atoms with Crippen LogP contribution < -0.4 is 0 Å². The van der Waals surface area contributed by atoms with Crippen LogP contribution in [0, 0.1) is 0 Å². The van der Waals surface area contributed by atoms with Crippen molar-refractivity contribution in [2.75, 3.05) is 5.88 Å². The minimum atomic E-state index is -4.58. The molecule has 16 heavy (non-hydrogen) atoms. The highest BCUT2D eigenvalue weighted by Gasteiger charge is 2.33. The zero-order chi connectivity index (χ0) is 12.3. The SMILES string of the molecule is OC(CCl)C(O)c1ccnc(C(F)(F)F)c1. The summed E-state index contributed by atoms with van der Waals surface area (Å²) in [6.07, 6.45) is -6.43. The first kappa shape index (κ1) is 13.2. The fraction of sp³-hybridized carbons (Fsp3) is 0.444. The number of aliphatic hydroxyl groups is 2. The monoisotopic (exact) mass is 255 g/mol. The van der Waals surface area contributed by atoms with E-state index in [1.54, 1.807) is 0 Å². The molecular weight excluding hydrogens is 247 g/mol. The van der Waals surface area contributed by atoms with Gasteiger partial charge in [-0.25, -0.2) is 0 Å². The third kappa shape index (κ3) is 3.07. The van der Waals surface area contributed by atoms with Gasteiger partial charge in [0.05, 0.1) is 12.0 Å². The second kappa shape index (κ2) is 4.99. The van der Waals surface area contributed by atoms with Gasteiger partial charge in [0, 0.05) is 6.20 Å². The first-order valence-electron chi connectivity index (χ1n) is 4.31. The number of aliphatic hydroxyl groups excluding tert-OH is 2. The summed E-state index contributed by atoms with van der Waals surface area (Å²) in [5, 5.41) is 18.6. The molecule has 0 spiro atoms. The maximum absolute atomic E-state index is 12.3. The molecule has 0 aliphatic heterocycles. The Hall–Kier alpha value is -0.850. The molecule has 1 heterocycles. The lowest BCUT2D eigenvalue weighted by molar-refractivity contribution is -0.141. The van der Waals surface area contributed by atoms with E-state index in [1.807, 2.05) is 0 Å². The first-order valence-corrected chi connectivity index (χ1v) is 4.85. The van der Waals surface area contributed by atoms with E-state index in [1.165, 1.54) is 6.07 Å². The predicted octanol–water partition coefficient (Wildman–Crippen LogP) is 1.73. The molecule has 2 atom stereocenters. The van der Waals surface area contributed by atoms with Gasteiger partial charge in [-0.15, -0.1) is 11.6 Å². The fourth-order valence-electron chi connectivity index (χ4n) is 1.09. The van der Waals surface area contributed by atoms with Gasteiger partial charge in [0.25, 0.3) is 0 Å². The van der Waals surface area contributed by atoms with Crippen LogP contribution in [0.5, 0.6) is 0 Å². The van der Waals surface area contributed by atoms with E-state index in [-0.39, 0.29) is 11.4 Å². The highest BCUT2D eigenvalue weighted by atomic mass is 35.5. The third-order valence-electron chi connectivity index (χ3n) is 1.94. The van der Waals surface area contributed by atoms with Crippen LogP contribution >= 0.6 is 11.6 Å². The Balaban J connectivity index is 2.99. The summed E-state index contributed by atoms with van der Waals surface area (Å²) in [5.74, 6) is -0.273. The van der Waals surface area contributed by atoms with Gasteiger partial charge in [0.2, 0.25) is 0 Å². The molecule has 0 amide bonds.